The Labute approximate surface area is 192 Å². The van der Waals surface area contributed by atoms with E-state index in [1.165, 1.54) is 0 Å². The van der Waals surface area contributed by atoms with Gasteiger partial charge in [-0.05, 0) is 30.7 Å². The number of nitrogens with zero attached hydrogens (tertiary/aromatic N) is 3. The number of amides is 1. The zero-order chi connectivity index (χ0) is 23.5. The van der Waals surface area contributed by atoms with Crippen LogP contribution < -0.4 is 0 Å². The Morgan fingerprint density at radius 2 is 1.75 bits per heavy atom. The third-order valence-electron chi connectivity index (χ3n) is 5.45. The van der Waals surface area contributed by atoms with E-state index in [-0.39, 0.29) is 18.0 Å². The van der Waals surface area contributed by atoms with E-state index in [0.29, 0.717) is 23.0 Å². The number of carbonyl (C=O) groups is 2. The molecule has 2 aliphatic heterocycles. The van der Waals surface area contributed by atoms with Gasteiger partial charge in [-0.3, -0.25) is 14.7 Å². The van der Waals surface area contributed by atoms with Crippen LogP contribution in [0, 0.1) is 0 Å². The van der Waals surface area contributed by atoms with Crippen LogP contribution in [0.25, 0.3) is 0 Å². The maximum atomic E-state index is 12.6. The number of likely N-dealkylation sites (tertiary alicyclic amines) is 2. The van der Waals surface area contributed by atoms with Crippen molar-refractivity contribution in [3.05, 3.63) is 63.9 Å². The molecular formula is C21H20Cl2F3N3O3. The molecule has 172 valence electrons. The number of hydrogen-bond acceptors (Lipinski definition) is 4. The molecule has 0 spiro atoms. The van der Waals surface area contributed by atoms with Crippen LogP contribution in [-0.2, 0) is 22.7 Å². The molecule has 1 N–H and O–H groups in total. The van der Waals surface area contributed by atoms with Gasteiger partial charge in [-0.25, -0.2) is 4.79 Å². The molecular weight excluding hydrogens is 470 g/mol. The Balaban J connectivity index is 0.000000360. The largest absolute Gasteiger partial charge is 0.490 e. The van der Waals surface area contributed by atoms with Gasteiger partial charge in [-0.15, -0.1) is 0 Å². The lowest BCUT2D eigenvalue weighted by Gasteiger charge is -2.26. The average molecular weight is 490 g/mol. The van der Waals surface area contributed by atoms with E-state index < -0.39 is 12.1 Å². The summed E-state index contributed by atoms with van der Waals surface area (Å²) in [6.07, 6.45) is -1.74. The van der Waals surface area contributed by atoms with Gasteiger partial charge in [0.1, 0.15) is 0 Å². The Bertz CT molecular complexity index is 956. The van der Waals surface area contributed by atoms with Crippen molar-refractivity contribution in [1.82, 2.24) is 14.8 Å². The van der Waals surface area contributed by atoms with E-state index in [9.17, 15) is 18.0 Å². The number of carbonyl (C=O) groups excluding carboxylic acids is 1. The third kappa shape index (κ3) is 5.70. The number of carboxylic acids is 1. The molecule has 1 aromatic heterocycles. The van der Waals surface area contributed by atoms with Crippen LogP contribution in [0.2, 0.25) is 10.0 Å². The predicted molar refractivity (Wildman–Crippen MR) is 112 cm³/mol. The summed E-state index contributed by atoms with van der Waals surface area (Å²) in [4.78, 5) is 30.2. The van der Waals surface area contributed by atoms with Crippen molar-refractivity contribution >= 4 is 35.1 Å². The Hall–Kier alpha value is -2.36. The van der Waals surface area contributed by atoms with Gasteiger partial charge in [0.15, 0.2) is 0 Å². The van der Waals surface area contributed by atoms with E-state index in [1.54, 1.807) is 0 Å². The molecule has 32 heavy (non-hydrogen) atoms. The van der Waals surface area contributed by atoms with Crippen molar-refractivity contribution in [3.63, 3.8) is 0 Å². The summed E-state index contributed by atoms with van der Waals surface area (Å²) in [6, 6.07) is 11.9. The molecule has 1 amide bonds. The first kappa shape index (κ1) is 24.3. The minimum atomic E-state index is -5.08. The first-order valence-corrected chi connectivity index (χ1v) is 10.5. The van der Waals surface area contributed by atoms with E-state index in [4.69, 9.17) is 33.1 Å². The Kier molecular flexibility index (Phi) is 7.63. The maximum Gasteiger partial charge on any atom is 0.490 e. The van der Waals surface area contributed by atoms with E-state index >= 15 is 0 Å². The number of halogens is 5. The fourth-order valence-electron chi connectivity index (χ4n) is 3.96. The highest BCUT2D eigenvalue weighted by molar-refractivity contribution is 6.36. The zero-order valence-electron chi connectivity index (χ0n) is 16.7. The van der Waals surface area contributed by atoms with E-state index in [2.05, 4.69) is 9.88 Å². The summed E-state index contributed by atoms with van der Waals surface area (Å²) in [5.41, 5.74) is 1.88. The summed E-state index contributed by atoms with van der Waals surface area (Å²) < 4.78 is 31.7. The lowest BCUT2D eigenvalue weighted by Crippen LogP contribution is -2.37. The van der Waals surface area contributed by atoms with Crippen LogP contribution in [-0.4, -0.2) is 56.6 Å². The molecule has 2 aliphatic rings. The molecule has 0 bridgehead atoms. The Morgan fingerprint density at radius 3 is 2.31 bits per heavy atom. The van der Waals surface area contributed by atoms with Crippen molar-refractivity contribution < 1.29 is 27.9 Å². The fourth-order valence-corrected chi connectivity index (χ4v) is 4.48. The van der Waals surface area contributed by atoms with Crippen LogP contribution in [0.4, 0.5) is 13.2 Å². The van der Waals surface area contributed by atoms with Gasteiger partial charge in [0.25, 0.3) is 0 Å². The number of carboxylic acid groups (broad SMARTS) is 1. The smallest absolute Gasteiger partial charge is 0.475 e. The summed E-state index contributed by atoms with van der Waals surface area (Å²) >= 11 is 12.6. The number of alkyl halides is 3. The molecule has 3 heterocycles. The quantitative estimate of drug-likeness (QED) is 0.688. The molecule has 2 saturated heterocycles. The summed E-state index contributed by atoms with van der Waals surface area (Å²) in [5.74, 6) is -2.58. The van der Waals surface area contributed by atoms with Gasteiger partial charge in [0, 0.05) is 59.9 Å². The van der Waals surface area contributed by atoms with E-state index in [0.717, 1.165) is 30.8 Å². The SMILES string of the molecule is O=C(O)C(F)(F)F.O=C1C[C@H]2[C@H](CCN2Cc2ccccn2)N1Cc1c(Cl)cccc1Cl. The number of fused-ring (bicyclic) bond motifs is 1. The molecule has 11 heteroatoms. The topological polar surface area (TPSA) is 73.7 Å². The van der Waals surface area contributed by atoms with Gasteiger partial charge in [-0.1, -0.05) is 35.3 Å². The maximum absolute atomic E-state index is 12.6. The average Bonchev–Trinajstić information content (AvgIpc) is 3.24. The number of rotatable bonds is 4. The summed E-state index contributed by atoms with van der Waals surface area (Å²) in [6.45, 7) is 2.25. The molecule has 2 aromatic rings. The fraction of sp³-hybridized carbons (Fsp3) is 0.381. The molecule has 1 aromatic carbocycles. The molecule has 0 aliphatic carbocycles. The minimum absolute atomic E-state index is 0.178. The van der Waals surface area contributed by atoms with Crippen LogP contribution in [0.5, 0.6) is 0 Å². The third-order valence-corrected chi connectivity index (χ3v) is 6.16. The molecule has 6 nitrogen and oxygen atoms in total. The molecule has 2 atom stereocenters. The lowest BCUT2D eigenvalue weighted by molar-refractivity contribution is -0.192. The normalized spacial score (nSPS) is 20.7. The molecule has 2 fully saturated rings. The van der Waals surface area contributed by atoms with Gasteiger partial charge in [0.05, 0.1) is 5.69 Å². The van der Waals surface area contributed by atoms with Crippen molar-refractivity contribution in [2.75, 3.05) is 6.54 Å². The number of hydrogen-bond donors (Lipinski definition) is 1. The van der Waals surface area contributed by atoms with Crippen molar-refractivity contribution in [2.24, 2.45) is 0 Å². The zero-order valence-corrected chi connectivity index (χ0v) is 18.2. The first-order chi connectivity index (χ1) is 15.1. The number of aromatic nitrogens is 1. The molecule has 0 unspecified atom stereocenters. The molecule has 4 rings (SSSR count). The van der Waals surface area contributed by atoms with Crippen molar-refractivity contribution in [3.8, 4) is 0 Å². The number of benzene rings is 1. The highest BCUT2D eigenvalue weighted by Crippen LogP contribution is 2.36. The second-order valence-corrected chi connectivity index (χ2v) is 8.26. The monoisotopic (exact) mass is 489 g/mol. The predicted octanol–water partition coefficient (Wildman–Crippen LogP) is 4.40. The van der Waals surface area contributed by atoms with Crippen LogP contribution in [0.3, 0.4) is 0 Å². The minimum Gasteiger partial charge on any atom is -0.475 e. The highest BCUT2D eigenvalue weighted by atomic mass is 35.5. The summed E-state index contributed by atoms with van der Waals surface area (Å²) in [5, 5.41) is 8.36. The summed E-state index contributed by atoms with van der Waals surface area (Å²) in [7, 11) is 0. The second kappa shape index (κ2) is 10.1. The number of pyridine rings is 1. The highest BCUT2D eigenvalue weighted by Gasteiger charge is 2.46. The standard InChI is InChI=1S/C19H19Cl2N3O.C2HF3O2/c20-15-5-3-6-16(21)14(15)12-24-17-7-9-23(18(17)10-19(24)25)11-13-4-1-2-8-22-13;3-2(4,5)1(6)7/h1-6,8,17-18H,7,9-12H2;(H,6,7)/t17-,18-;/m0./s1. The van der Waals surface area contributed by atoms with Gasteiger partial charge in [0.2, 0.25) is 5.91 Å². The van der Waals surface area contributed by atoms with Crippen LogP contribution >= 0.6 is 23.2 Å². The van der Waals surface area contributed by atoms with Crippen LogP contribution in [0.1, 0.15) is 24.1 Å². The van der Waals surface area contributed by atoms with Crippen LogP contribution in [0.15, 0.2) is 42.6 Å². The molecule has 0 radical (unpaired) electrons. The van der Waals surface area contributed by atoms with Gasteiger partial charge in [-0.2, -0.15) is 13.2 Å². The molecule has 0 saturated carbocycles. The van der Waals surface area contributed by atoms with Crippen molar-refractivity contribution in [2.45, 2.75) is 44.2 Å². The van der Waals surface area contributed by atoms with Crippen molar-refractivity contribution in [1.29, 1.82) is 0 Å². The lowest BCUT2D eigenvalue weighted by atomic mass is 10.1. The van der Waals surface area contributed by atoms with E-state index in [1.807, 2.05) is 47.5 Å². The first-order valence-electron chi connectivity index (χ1n) is 9.74. The van der Waals surface area contributed by atoms with Gasteiger partial charge >= 0.3 is 12.1 Å². The second-order valence-electron chi connectivity index (χ2n) is 7.44. The number of aliphatic carboxylic acids is 1. The van der Waals surface area contributed by atoms with Gasteiger partial charge < -0.3 is 10.0 Å². The Morgan fingerprint density at radius 1 is 1.09 bits per heavy atom.